The van der Waals surface area contributed by atoms with Crippen LogP contribution in [0, 0.1) is 19.8 Å². The average molecular weight is 357 g/mol. The number of piperidine rings is 1. The van der Waals surface area contributed by atoms with E-state index in [1.165, 1.54) is 11.3 Å². The smallest absolute Gasteiger partial charge is 0.253 e. The van der Waals surface area contributed by atoms with Gasteiger partial charge in [-0.3, -0.25) is 14.5 Å². The van der Waals surface area contributed by atoms with Crippen molar-refractivity contribution in [2.75, 3.05) is 25.0 Å². The molecule has 2 amide bonds. The van der Waals surface area contributed by atoms with E-state index in [0.29, 0.717) is 23.8 Å². The van der Waals surface area contributed by atoms with Gasteiger partial charge in [0.2, 0.25) is 5.91 Å². The number of anilines is 1. The second-order valence-corrected chi connectivity index (χ2v) is 7.55. The Balaban J connectivity index is 1.72. The lowest BCUT2D eigenvalue weighted by molar-refractivity contribution is -0.123. The van der Waals surface area contributed by atoms with Gasteiger partial charge in [-0.15, -0.1) is 11.3 Å². The second kappa shape index (κ2) is 7.35. The van der Waals surface area contributed by atoms with E-state index >= 15 is 0 Å². The maximum absolute atomic E-state index is 12.9. The molecule has 1 saturated heterocycles. The van der Waals surface area contributed by atoms with E-state index in [2.05, 4.69) is 11.1 Å². The first-order chi connectivity index (χ1) is 12.0. The van der Waals surface area contributed by atoms with Gasteiger partial charge in [-0.05, 0) is 38.8 Å². The third kappa shape index (κ3) is 3.90. The summed E-state index contributed by atoms with van der Waals surface area (Å²) in [6.07, 6.45) is 3.35. The molecule has 1 aromatic carbocycles. The number of nitrogens with zero attached hydrogens (tertiary/aromatic N) is 3. The molecule has 1 atom stereocenters. The summed E-state index contributed by atoms with van der Waals surface area (Å²) < 4.78 is 0. The Bertz CT molecular complexity index is 753. The molecule has 6 heteroatoms. The summed E-state index contributed by atoms with van der Waals surface area (Å²) >= 11 is 1.44. The Labute approximate surface area is 152 Å². The summed E-state index contributed by atoms with van der Waals surface area (Å²) in [6.45, 7) is 5.17. The molecule has 0 saturated carbocycles. The number of thiazole rings is 1. The second-order valence-electron chi connectivity index (χ2n) is 6.68. The van der Waals surface area contributed by atoms with E-state index in [4.69, 9.17) is 0 Å². The minimum Gasteiger partial charge on any atom is -0.338 e. The summed E-state index contributed by atoms with van der Waals surface area (Å²) in [5.74, 6) is -0.119. The van der Waals surface area contributed by atoms with E-state index in [-0.39, 0.29) is 17.7 Å². The van der Waals surface area contributed by atoms with Crippen molar-refractivity contribution < 1.29 is 9.59 Å². The molecule has 0 spiro atoms. The SMILES string of the molecule is Cc1cc(C)cc(C(=O)N2CCC[C@H](C(=O)N(C)c3nccs3)C2)c1. The van der Waals surface area contributed by atoms with Crippen molar-refractivity contribution in [3.63, 3.8) is 0 Å². The molecule has 1 aliphatic rings. The van der Waals surface area contributed by atoms with Crippen LogP contribution in [0.1, 0.15) is 34.3 Å². The largest absolute Gasteiger partial charge is 0.338 e. The normalized spacial score (nSPS) is 17.4. The molecule has 0 aliphatic carbocycles. The van der Waals surface area contributed by atoms with Gasteiger partial charge in [-0.2, -0.15) is 0 Å². The van der Waals surface area contributed by atoms with Crippen LogP contribution in [0.5, 0.6) is 0 Å². The summed E-state index contributed by atoms with van der Waals surface area (Å²) in [7, 11) is 1.76. The molecule has 5 nitrogen and oxygen atoms in total. The van der Waals surface area contributed by atoms with E-state index in [1.807, 2.05) is 36.3 Å². The van der Waals surface area contributed by atoms with Crippen LogP contribution in [-0.4, -0.2) is 41.8 Å². The van der Waals surface area contributed by atoms with Gasteiger partial charge >= 0.3 is 0 Å². The molecule has 2 heterocycles. The van der Waals surface area contributed by atoms with Crippen LogP contribution in [0.3, 0.4) is 0 Å². The van der Waals surface area contributed by atoms with E-state index in [1.54, 1.807) is 18.1 Å². The van der Waals surface area contributed by atoms with Crippen LogP contribution in [0.25, 0.3) is 0 Å². The highest BCUT2D eigenvalue weighted by Gasteiger charge is 2.31. The molecule has 25 heavy (non-hydrogen) atoms. The minimum atomic E-state index is -0.169. The summed E-state index contributed by atoms with van der Waals surface area (Å²) in [5, 5.41) is 2.55. The van der Waals surface area contributed by atoms with Crippen LogP contribution < -0.4 is 4.90 Å². The van der Waals surface area contributed by atoms with Gasteiger partial charge in [0.1, 0.15) is 0 Å². The van der Waals surface area contributed by atoms with Crippen LogP contribution >= 0.6 is 11.3 Å². The Morgan fingerprint density at radius 2 is 1.96 bits per heavy atom. The average Bonchev–Trinajstić information content (AvgIpc) is 3.13. The van der Waals surface area contributed by atoms with Crippen molar-refractivity contribution in [1.82, 2.24) is 9.88 Å². The standard InChI is InChI=1S/C19H23N3O2S/c1-13-9-14(2)11-16(10-13)18(24)22-7-4-5-15(12-22)17(23)21(3)19-20-6-8-25-19/h6,8-11,15H,4-5,7,12H2,1-3H3/t15-/m0/s1. The number of carbonyl (C=O) groups is 2. The fourth-order valence-electron chi connectivity index (χ4n) is 3.39. The van der Waals surface area contributed by atoms with Crippen molar-refractivity contribution in [3.05, 3.63) is 46.5 Å². The number of aryl methyl sites for hydroxylation is 2. The highest BCUT2D eigenvalue weighted by atomic mass is 32.1. The molecular formula is C19H23N3O2S. The lowest BCUT2D eigenvalue weighted by Crippen LogP contribution is -2.46. The zero-order chi connectivity index (χ0) is 18.0. The number of hydrogen-bond donors (Lipinski definition) is 0. The monoisotopic (exact) mass is 357 g/mol. The molecule has 132 valence electrons. The number of amides is 2. The fraction of sp³-hybridized carbons (Fsp3) is 0.421. The quantitative estimate of drug-likeness (QED) is 0.847. The van der Waals surface area contributed by atoms with Crippen LogP contribution in [0.4, 0.5) is 5.13 Å². The molecule has 0 radical (unpaired) electrons. The Morgan fingerprint density at radius 3 is 2.60 bits per heavy atom. The van der Waals surface area contributed by atoms with Gasteiger partial charge in [-0.25, -0.2) is 4.98 Å². The number of rotatable bonds is 3. The molecule has 0 N–H and O–H groups in total. The van der Waals surface area contributed by atoms with Crippen molar-refractivity contribution in [2.45, 2.75) is 26.7 Å². The van der Waals surface area contributed by atoms with Gasteiger partial charge in [-0.1, -0.05) is 17.2 Å². The maximum Gasteiger partial charge on any atom is 0.253 e. The topological polar surface area (TPSA) is 53.5 Å². The van der Waals surface area contributed by atoms with E-state index in [0.717, 1.165) is 24.0 Å². The van der Waals surface area contributed by atoms with Gasteiger partial charge < -0.3 is 4.90 Å². The Hall–Kier alpha value is -2.21. The van der Waals surface area contributed by atoms with Crippen LogP contribution in [-0.2, 0) is 4.79 Å². The van der Waals surface area contributed by atoms with Gasteiger partial charge in [0, 0.05) is 37.3 Å². The predicted molar refractivity (Wildman–Crippen MR) is 100 cm³/mol. The first-order valence-corrected chi connectivity index (χ1v) is 9.38. The number of carbonyl (C=O) groups excluding carboxylic acids is 2. The number of likely N-dealkylation sites (tertiary alicyclic amines) is 1. The van der Waals surface area contributed by atoms with Crippen LogP contribution in [0.15, 0.2) is 29.8 Å². The summed E-state index contributed by atoms with van der Waals surface area (Å²) in [6, 6.07) is 5.90. The van der Waals surface area contributed by atoms with Crippen molar-refractivity contribution in [2.24, 2.45) is 5.92 Å². The molecule has 1 fully saturated rings. The molecular weight excluding hydrogens is 334 g/mol. The van der Waals surface area contributed by atoms with Crippen LogP contribution in [0.2, 0.25) is 0 Å². The lowest BCUT2D eigenvalue weighted by atomic mass is 9.95. The van der Waals surface area contributed by atoms with Crippen molar-refractivity contribution in [3.8, 4) is 0 Å². The Morgan fingerprint density at radius 1 is 1.24 bits per heavy atom. The van der Waals surface area contributed by atoms with Gasteiger partial charge in [0.05, 0.1) is 5.92 Å². The molecule has 3 rings (SSSR count). The Kier molecular flexibility index (Phi) is 5.18. The number of hydrogen-bond acceptors (Lipinski definition) is 4. The molecule has 0 bridgehead atoms. The van der Waals surface area contributed by atoms with Gasteiger partial charge in [0.25, 0.3) is 5.91 Å². The third-order valence-corrected chi connectivity index (χ3v) is 5.41. The highest BCUT2D eigenvalue weighted by molar-refractivity contribution is 7.13. The fourth-order valence-corrected chi connectivity index (χ4v) is 4.01. The minimum absolute atomic E-state index is 0.0150. The lowest BCUT2D eigenvalue weighted by Gasteiger charge is -2.33. The summed E-state index contributed by atoms with van der Waals surface area (Å²) in [4.78, 5) is 33.2. The molecule has 1 aromatic heterocycles. The highest BCUT2D eigenvalue weighted by Crippen LogP contribution is 2.24. The van der Waals surface area contributed by atoms with Gasteiger partial charge in [0.15, 0.2) is 5.13 Å². The molecule has 2 aromatic rings. The molecule has 0 unspecified atom stereocenters. The number of benzene rings is 1. The zero-order valence-electron chi connectivity index (χ0n) is 14.9. The molecule has 1 aliphatic heterocycles. The predicted octanol–water partition coefficient (Wildman–Crippen LogP) is 3.28. The first-order valence-electron chi connectivity index (χ1n) is 8.50. The number of aromatic nitrogens is 1. The zero-order valence-corrected chi connectivity index (χ0v) is 15.7. The summed E-state index contributed by atoms with van der Waals surface area (Å²) in [5.41, 5.74) is 2.87. The van der Waals surface area contributed by atoms with Crippen molar-refractivity contribution >= 4 is 28.3 Å². The van der Waals surface area contributed by atoms with E-state index < -0.39 is 0 Å². The van der Waals surface area contributed by atoms with Crippen molar-refractivity contribution in [1.29, 1.82) is 0 Å². The first kappa shape index (κ1) is 17.6. The third-order valence-electron chi connectivity index (χ3n) is 4.56. The van der Waals surface area contributed by atoms with E-state index in [9.17, 15) is 9.59 Å². The maximum atomic E-state index is 12.9.